The highest BCUT2D eigenvalue weighted by Gasteiger charge is 2.11. The Balaban J connectivity index is 2.19. The zero-order valence-electron chi connectivity index (χ0n) is 10.6. The maximum atomic E-state index is 11.7. The summed E-state index contributed by atoms with van der Waals surface area (Å²) in [5.74, 6) is 0. The lowest BCUT2D eigenvalue weighted by molar-refractivity contribution is -0.385. The molecule has 0 spiro atoms. The van der Waals surface area contributed by atoms with E-state index in [1.165, 1.54) is 6.07 Å². The predicted octanol–water partition coefficient (Wildman–Crippen LogP) is 2.31. The smallest absolute Gasteiger partial charge is 0.272 e. The van der Waals surface area contributed by atoms with Crippen LogP contribution in [-0.2, 0) is 13.0 Å². The highest BCUT2D eigenvalue weighted by atomic mass is 16.6. The molecule has 0 aliphatic heterocycles. The van der Waals surface area contributed by atoms with E-state index in [2.05, 4.69) is 0 Å². The molecule has 0 bridgehead atoms. The molecule has 5 nitrogen and oxygen atoms in total. The Morgan fingerprint density at radius 3 is 2.68 bits per heavy atom. The van der Waals surface area contributed by atoms with E-state index >= 15 is 0 Å². The Hall–Kier alpha value is -2.43. The molecule has 2 aromatic rings. The number of nitrogens with zero attached hydrogens (tertiary/aromatic N) is 2. The molecule has 0 amide bonds. The van der Waals surface area contributed by atoms with Crippen LogP contribution in [0.3, 0.4) is 0 Å². The summed E-state index contributed by atoms with van der Waals surface area (Å²) in [6, 6.07) is 10.0. The average Bonchev–Trinajstić information content (AvgIpc) is 2.38. The summed E-state index contributed by atoms with van der Waals surface area (Å²) < 4.78 is 1.56. The fraction of sp³-hybridized carbons (Fsp3) is 0.214. The van der Waals surface area contributed by atoms with Gasteiger partial charge in [0.1, 0.15) is 0 Å². The van der Waals surface area contributed by atoms with Crippen LogP contribution in [0.25, 0.3) is 0 Å². The van der Waals surface area contributed by atoms with Gasteiger partial charge < -0.3 is 4.57 Å². The van der Waals surface area contributed by atoms with Crippen molar-refractivity contribution in [3.05, 3.63) is 74.2 Å². The molecule has 0 fully saturated rings. The average molecular weight is 258 g/mol. The third-order valence-corrected chi connectivity index (χ3v) is 2.96. The standard InChI is InChI=1S/C14H14N2O3/c1-11-6-8-15(14(17)10-11)9-7-12-4-2-3-5-13(12)16(18)19/h2-6,8,10H,7,9H2,1H3. The normalized spacial score (nSPS) is 10.4. The van der Waals surface area contributed by atoms with E-state index in [0.29, 0.717) is 18.5 Å². The molecule has 0 aliphatic carbocycles. The van der Waals surface area contributed by atoms with Gasteiger partial charge in [0, 0.05) is 30.4 Å². The number of hydrogen-bond acceptors (Lipinski definition) is 3. The molecule has 98 valence electrons. The van der Waals surface area contributed by atoms with Crippen LogP contribution in [0.2, 0.25) is 0 Å². The van der Waals surface area contributed by atoms with Crippen LogP contribution >= 0.6 is 0 Å². The van der Waals surface area contributed by atoms with Gasteiger partial charge in [0.05, 0.1) is 4.92 Å². The minimum Gasteiger partial charge on any atom is -0.315 e. The molecular weight excluding hydrogens is 244 g/mol. The first-order chi connectivity index (χ1) is 9.08. The number of rotatable bonds is 4. The quantitative estimate of drug-likeness (QED) is 0.624. The van der Waals surface area contributed by atoms with Gasteiger partial charge in [-0.3, -0.25) is 14.9 Å². The van der Waals surface area contributed by atoms with Crippen LogP contribution in [0.15, 0.2) is 47.4 Å². The SMILES string of the molecule is Cc1ccn(CCc2ccccc2[N+](=O)[O-])c(=O)c1. The van der Waals surface area contributed by atoms with E-state index < -0.39 is 4.92 Å². The number of aromatic nitrogens is 1. The van der Waals surface area contributed by atoms with Gasteiger partial charge in [-0.05, 0) is 25.0 Å². The number of para-hydroxylation sites is 1. The number of nitro benzene ring substituents is 1. The molecule has 19 heavy (non-hydrogen) atoms. The van der Waals surface area contributed by atoms with Crippen molar-refractivity contribution in [3.63, 3.8) is 0 Å². The van der Waals surface area contributed by atoms with E-state index in [0.717, 1.165) is 5.56 Å². The zero-order chi connectivity index (χ0) is 13.8. The summed E-state index contributed by atoms with van der Waals surface area (Å²) in [5.41, 5.74) is 1.56. The molecule has 0 saturated heterocycles. The lowest BCUT2D eigenvalue weighted by atomic mass is 10.1. The second-order valence-corrected chi connectivity index (χ2v) is 4.37. The monoisotopic (exact) mass is 258 g/mol. The molecule has 2 rings (SSSR count). The Morgan fingerprint density at radius 1 is 1.26 bits per heavy atom. The molecule has 0 N–H and O–H groups in total. The van der Waals surface area contributed by atoms with Gasteiger partial charge in [0.2, 0.25) is 0 Å². The van der Waals surface area contributed by atoms with Gasteiger partial charge in [-0.15, -0.1) is 0 Å². The minimum atomic E-state index is -0.396. The van der Waals surface area contributed by atoms with Crippen molar-refractivity contribution in [3.8, 4) is 0 Å². The molecule has 1 heterocycles. The second kappa shape index (κ2) is 5.48. The molecule has 0 saturated carbocycles. The first-order valence-corrected chi connectivity index (χ1v) is 5.97. The van der Waals surface area contributed by atoms with Crippen molar-refractivity contribution < 1.29 is 4.92 Å². The summed E-state index contributed by atoms with van der Waals surface area (Å²) in [6.45, 7) is 2.29. The van der Waals surface area contributed by atoms with Crippen molar-refractivity contribution in [1.82, 2.24) is 4.57 Å². The van der Waals surface area contributed by atoms with Gasteiger partial charge in [0.15, 0.2) is 0 Å². The van der Waals surface area contributed by atoms with Crippen LogP contribution in [-0.4, -0.2) is 9.49 Å². The number of benzene rings is 1. The van der Waals surface area contributed by atoms with Crippen LogP contribution in [0, 0.1) is 17.0 Å². The molecule has 0 unspecified atom stereocenters. The number of pyridine rings is 1. The Morgan fingerprint density at radius 2 is 2.00 bits per heavy atom. The summed E-state index contributed by atoms with van der Waals surface area (Å²) in [4.78, 5) is 22.2. The molecule has 1 aromatic carbocycles. The largest absolute Gasteiger partial charge is 0.315 e. The summed E-state index contributed by atoms with van der Waals surface area (Å²) in [5, 5.41) is 10.9. The molecule has 0 atom stereocenters. The number of nitro groups is 1. The second-order valence-electron chi connectivity index (χ2n) is 4.37. The van der Waals surface area contributed by atoms with E-state index in [4.69, 9.17) is 0 Å². The lowest BCUT2D eigenvalue weighted by Crippen LogP contribution is -2.19. The predicted molar refractivity (Wildman–Crippen MR) is 72.2 cm³/mol. The lowest BCUT2D eigenvalue weighted by Gasteiger charge is -2.06. The fourth-order valence-corrected chi connectivity index (χ4v) is 1.93. The van der Waals surface area contributed by atoms with E-state index in [1.807, 2.05) is 13.0 Å². The number of aryl methyl sites for hydroxylation is 3. The first kappa shape index (κ1) is 13.0. The number of hydrogen-bond donors (Lipinski definition) is 0. The zero-order valence-corrected chi connectivity index (χ0v) is 10.6. The Bertz CT molecular complexity index is 662. The van der Waals surface area contributed by atoms with Gasteiger partial charge in [-0.25, -0.2) is 0 Å². The maximum Gasteiger partial charge on any atom is 0.272 e. The fourth-order valence-electron chi connectivity index (χ4n) is 1.93. The summed E-state index contributed by atoms with van der Waals surface area (Å²) in [6.07, 6.45) is 2.17. The Kier molecular flexibility index (Phi) is 3.75. The maximum absolute atomic E-state index is 11.7. The van der Waals surface area contributed by atoms with Gasteiger partial charge in [-0.1, -0.05) is 18.2 Å². The van der Waals surface area contributed by atoms with E-state index in [-0.39, 0.29) is 11.2 Å². The topological polar surface area (TPSA) is 65.1 Å². The summed E-state index contributed by atoms with van der Waals surface area (Å²) >= 11 is 0. The highest BCUT2D eigenvalue weighted by Crippen LogP contribution is 2.18. The molecule has 1 aromatic heterocycles. The van der Waals surface area contributed by atoms with Crippen molar-refractivity contribution in [2.24, 2.45) is 0 Å². The van der Waals surface area contributed by atoms with E-state index in [1.54, 1.807) is 35.0 Å². The molecular formula is C14H14N2O3. The van der Waals surface area contributed by atoms with Crippen LogP contribution in [0.4, 0.5) is 5.69 Å². The van der Waals surface area contributed by atoms with Crippen LogP contribution in [0.1, 0.15) is 11.1 Å². The van der Waals surface area contributed by atoms with Crippen molar-refractivity contribution >= 4 is 5.69 Å². The third kappa shape index (κ3) is 3.07. The van der Waals surface area contributed by atoms with Crippen LogP contribution < -0.4 is 5.56 Å². The minimum absolute atomic E-state index is 0.0846. The first-order valence-electron chi connectivity index (χ1n) is 5.97. The van der Waals surface area contributed by atoms with Crippen molar-refractivity contribution in [2.45, 2.75) is 19.9 Å². The molecule has 0 radical (unpaired) electrons. The van der Waals surface area contributed by atoms with E-state index in [9.17, 15) is 14.9 Å². The van der Waals surface area contributed by atoms with Gasteiger partial charge >= 0.3 is 0 Å². The van der Waals surface area contributed by atoms with Crippen LogP contribution in [0.5, 0.6) is 0 Å². The van der Waals surface area contributed by atoms with Gasteiger partial charge in [0.25, 0.3) is 11.2 Å². The Labute approximate surface area is 110 Å². The highest BCUT2D eigenvalue weighted by molar-refractivity contribution is 5.39. The molecule has 0 aliphatic rings. The van der Waals surface area contributed by atoms with Gasteiger partial charge in [-0.2, -0.15) is 0 Å². The third-order valence-electron chi connectivity index (χ3n) is 2.96. The summed E-state index contributed by atoms with van der Waals surface area (Å²) in [7, 11) is 0. The van der Waals surface area contributed by atoms with Crippen molar-refractivity contribution in [2.75, 3.05) is 0 Å². The van der Waals surface area contributed by atoms with Crippen molar-refractivity contribution in [1.29, 1.82) is 0 Å². The molecule has 5 heteroatoms.